The first kappa shape index (κ1) is 11.1. The molecule has 16 heavy (non-hydrogen) atoms. The summed E-state index contributed by atoms with van der Waals surface area (Å²) in [4.78, 5) is 0. The van der Waals surface area contributed by atoms with Crippen molar-refractivity contribution in [3.63, 3.8) is 0 Å². The van der Waals surface area contributed by atoms with Crippen molar-refractivity contribution >= 4 is 10.9 Å². The maximum absolute atomic E-state index is 13.8. The molecule has 0 aliphatic carbocycles. The molecular weight excluding hydrogens is 210 g/mol. The smallest absolute Gasteiger partial charge is 0.289 e. The van der Waals surface area contributed by atoms with Gasteiger partial charge in [-0.05, 0) is 18.7 Å². The van der Waals surface area contributed by atoms with Crippen LogP contribution in [0.2, 0.25) is 0 Å². The van der Waals surface area contributed by atoms with Crippen LogP contribution >= 0.6 is 0 Å². The normalized spacial score (nSPS) is 12.2. The van der Waals surface area contributed by atoms with E-state index in [1.807, 2.05) is 24.3 Å². The standard InChI is InChI=1S/C12H14F2N2/c1-16-10-5-3-2-4-9(10)8-11(16)12(13,14)6-7-15/h2-5,8H,6-7,15H2,1H3. The lowest BCUT2D eigenvalue weighted by Gasteiger charge is -2.16. The molecule has 0 unspecified atom stereocenters. The van der Waals surface area contributed by atoms with Gasteiger partial charge in [-0.2, -0.15) is 8.78 Å². The minimum absolute atomic E-state index is 0.0193. The fourth-order valence-electron chi connectivity index (χ4n) is 1.95. The number of nitrogens with two attached hydrogens (primary N) is 1. The summed E-state index contributed by atoms with van der Waals surface area (Å²) in [5, 5.41) is 0.830. The Kier molecular flexibility index (Phi) is 2.68. The summed E-state index contributed by atoms with van der Waals surface area (Å²) in [6, 6.07) is 8.88. The third kappa shape index (κ3) is 1.69. The summed E-state index contributed by atoms with van der Waals surface area (Å²) in [7, 11) is 1.65. The average molecular weight is 224 g/mol. The number of hydrogen-bond donors (Lipinski definition) is 1. The Bertz CT molecular complexity index is 503. The maximum atomic E-state index is 13.8. The predicted molar refractivity (Wildman–Crippen MR) is 60.5 cm³/mol. The highest BCUT2D eigenvalue weighted by molar-refractivity contribution is 5.81. The number of alkyl halides is 2. The molecule has 0 aliphatic rings. The van der Waals surface area contributed by atoms with Crippen LogP contribution in [0, 0.1) is 0 Å². The second-order valence-corrected chi connectivity index (χ2v) is 3.89. The van der Waals surface area contributed by atoms with Crippen molar-refractivity contribution in [3.8, 4) is 0 Å². The van der Waals surface area contributed by atoms with Crippen LogP contribution in [-0.4, -0.2) is 11.1 Å². The SMILES string of the molecule is Cn1c(C(F)(F)CCN)cc2ccccc21. The van der Waals surface area contributed by atoms with Crippen LogP contribution < -0.4 is 5.73 Å². The number of rotatable bonds is 3. The van der Waals surface area contributed by atoms with Gasteiger partial charge in [-0.15, -0.1) is 0 Å². The number of hydrogen-bond acceptors (Lipinski definition) is 1. The molecule has 1 aromatic heterocycles. The van der Waals surface area contributed by atoms with E-state index in [2.05, 4.69) is 0 Å². The molecule has 0 radical (unpaired) electrons. The second kappa shape index (κ2) is 3.87. The van der Waals surface area contributed by atoms with Crippen molar-refractivity contribution in [1.82, 2.24) is 4.57 Å². The van der Waals surface area contributed by atoms with Crippen molar-refractivity contribution in [2.45, 2.75) is 12.3 Å². The molecule has 0 bridgehead atoms. The number of nitrogens with zero attached hydrogens (tertiary/aromatic N) is 1. The van der Waals surface area contributed by atoms with Crippen molar-refractivity contribution in [3.05, 3.63) is 36.0 Å². The molecule has 0 amide bonds. The first-order valence-electron chi connectivity index (χ1n) is 5.19. The van der Waals surface area contributed by atoms with E-state index in [1.54, 1.807) is 7.05 Å². The molecule has 0 atom stereocenters. The Morgan fingerprint density at radius 1 is 1.31 bits per heavy atom. The van der Waals surface area contributed by atoms with E-state index in [1.165, 1.54) is 10.6 Å². The molecule has 1 aromatic carbocycles. The molecule has 2 aromatic rings. The lowest BCUT2D eigenvalue weighted by atomic mass is 10.1. The van der Waals surface area contributed by atoms with Gasteiger partial charge in [0.05, 0.1) is 5.69 Å². The Morgan fingerprint density at radius 3 is 2.62 bits per heavy atom. The van der Waals surface area contributed by atoms with E-state index < -0.39 is 5.92 Å². The Morgan fingerprint density at radius 2 is 2.00 bits per heavy atom. The van der Waals surface area contributed by atoms with E-state index in [4.69, 9.17) is 5.73 Å². The highest BCUT2D eigenvalue weighted by Gasteiger charge is 2.33. The first-order valence-corrected chi connectivity index (χ1v) is 5.19. The summed E-state index contributed by atoms with van der Waals surface area (Å²) in [5.41, 5.74) is 6.05. The van der Waals surface area contributed by atoms with Crippen LogP contribution in [0.1, 0.15) is 12.1 Å². The van der Waals surface area contributed by atoms with E-state index in [0.717, 1.165) is 10.9 Å². The van der Waals surface area contributed by atoms with Crippen LogP contribution in [0.4, 0.5) is 8.78 Å². The minimum Gasteiger partial charge on any atom is -0.343 e. The fraction of sp³-hybridized carbons (Fsp3) is 0.333. The molecule has 0 aliphatic heterocycles. The fourth-order valence-corrected chi connectivity index (χ4v) is 1.95. The van der Waals surface area contributed by atoms with E-state index in [9.17, 15) is 8.78 Å². The molecule has 86 valence electrons. The van der Waals surface area contributed by atoms with E-state index in [0.29, 0.717) is 0 Å². The number of benzene rings is 1. The van der Waals surface area contributed by atoms with Crippen LogP contribution in [0.5, 0.6) is 0 Å². The van der Waals surface area contributed by atoms with Gasteiger partial charge >= 0.3 is 0 Å². The van der Waals surface area contributed by atoms with Gasteiger partial charge in [0.25, 0.3) is 5.92 Å². The van der Waals surface area contributed by atoms with Gasteiger partial charge in [0.15, 0.2) is 0 Å². The van der Waals surface area contributed by atoms with Gasteiger partial charge in [0.1, 0.15) is 0 Å². The molecule has 2 rings (SSSR count). The highest BCUT2D eigenvalue weighted by Crippen LogP contribution is 2.34. The van der Waals surface area contributed by atoms with Gasteiger partial charge in [-0.3, -0.25) is 0 Å². The summed E-state index contributed by atoms with van der Waals surface area (Å²) in [6.07, 6.45) is -0.322. The van der Waals surface area contributed by atoms with Crippen molar-refractivity contribution in [1.29, 1.82) is 0 Å². The highest BCUT2D eigenvalue weighted by atomic mass is 19.3. The maximum Gasteiger partial charge on any atom is 0.289 e. The molecule has 0 fully saturated rings. The molecule has 2 N–H and O–H groups in total. The summed E-state index contributed by atoms with van der Waals surface area (Å²) in [5.74, 6) is -2.86. The lowest BCUT2D eigenvalue weighted by Crippen LogP contribution is -2.21. The van der Waals surface area contributed by atoms with Gasteiger partial charge in [0, 0.05) is 24.4 Å². The third-order valence-corrected chi connectivity index (χ3v) is 2.78. The van der Waals surface area contributed by atoms with E-state index >= 15 is 0 Å². The number of halogens is 2. The zero-order chi connectivity index (χ0) is 11.8. The molecule has 0 spiro atoms. The summed E-state index contributed by atoms with van der Waals surface area (Å²) >= 11 is 0. The van der Waals surface area contributed by atoms with E-state index in [-0.39, 0.29) is 18.7 Å². The van der Waals surface area contributed by atoms with Gasteiger partial charge < -0.3 is 10.3 Å². The number of fused-ring (bicyclic) bond motifs is 1. The van der Waals surface area contributed by atoms with Gasteiger partial charge in [0.2, 0.25) is 0 Å². The molecule has 0 saturated heterocycles. The summed E-state index contributed by atoms with van der Waals surface area (Å²) < 4.78 is 29.0. The van der Waals surface area contributed by atoms with Gasteiger partial charge in [-0.1, -0.05) is 18.2 Å². The molecular formula is C12H14F2N2. The monoisotopic (exact) mass is 224 g/mol. The second-order valence-electron chi connectivity index (χ2n) is 3.89. The number of aromatic nitrogens is 1. The quantitative estimate of drug-likeness (QED) is 0.853. The third-order valence-electron chi connectivity index (χ3n) is 2.78. The predicted octanol–water partition coefficient (Wildman–Crippen LogP) is 2.62. The average Bonchev–Trinajstić information content (AvgIpc) is 2.58. The zero-order valence-corrected chi connectivity index (χ0v) is 9.08. The lowest BCUT2D eigenvalue weighted by molar-refractivity contribution is -0.0174. The molecule has 4 heteroatoms. The van der Waals surface area contributed by atoms with Crippen molar-refractivity contribution in [2.75, 3.05) is 6.54 Å². The topological polar surface area (TPSA) is 30.9 Å². The zero-order valence-electron chi connectivity index (χ0n) is 9.08. The van der Waals surface area contributed by atoms with Crippen LogP contribution in [0.15, 0.2) is 30.3 Å². The Labute approximate surface area is 92.7 Å². The van der Waals surface area contributed by atoms with Crippen molar-refractivity contribution < 1.29 is 8.78 Å². The number of para-hydroxylation sites is 1. The van der Waals surface area contributed by atoms with Crippen molar-refractivity contribution in [2.24, 2.45) is 12.8 Å². The Hall–Kier alpha value is -1.42. The van der Waals surface area contributed by atoms with Gasteiger partial charge in [-0.25, -0.2) is 0 Å². The largest absolute Gasteiger partial charge is 0.343 e. The molecule has 0 saturated carbocycles. The summed E-state index contributed by atoms with van der Waals surface area (Å²) in [6.45, 7) is -0.0193. The number of aryl methyl sites for hydroxylation is 1. The van der Waals surface area contributed by atoms with Crippen LogP contribution in [0.3, 0.4) is 0 Å². The van der Waals surface area contributed by atoms with Crippen LogP contribution in [-0.2, 0) is 13.0 Å². The molecule has 2 nitrogen and oxygen atoms in total. The minimum atomic E-state index is -2.86. The first-order chi connectivity index (χ1) is 7.56. The molecule has 1 heterocycles. The Balaban J connectivity index is 2.57. The van der Waals surface area contributed by atoms with Crippen LogP contribution in [0.25, 0.3) is 10.9 Å².